The number of rotatable bonds is 7. The Morgan fingerprint density at radius 2 is 2.00 bits per heavy atom. The Morgan fingerprint density at radius 1 is 1.29 bits per heavy atom. The Balaban J connectivity index is 2.25. The van der Waals surface area contributed by atoms with Gasteiger partial charge in [0, 0.05) is 17.6 Å². The number of nitrogens with two attached hydrogens (primary N) is 1. The summed E-state index contributed by atoms with van der Waals surface area (Å²) in [5, 5.41) is 0.856. The van der Waals surface area contributed by atoms with Crippen LogP contribution in [0.1, 0.15) is 31.7 Å². The average molecular weight is 255 g/mol. The van der Waals surface area contributed by atoms with Crippen LogP contribution in [0.3, 0.4) is 0 Å². The third-order valence-electron chi connectivity index (χ3n) is 2.85. The first-order valence-corrected chi connectivity index (χ1v) is 6.65. The molecule has 0 aliphatic heterocycles. The van der Waals surface area contributed by atoms with E-state index in [9.17, 15) is 0 Å². The van der Waals surface area contributed by atoms with Crippen molar-refractivity contribution in [1.29, 1.82) is 0 Å². The molecule has 17 heavy (non-hydrogen) atoms. The zero-order chi connectivity index (χ0) is 12.7. The fourth-order valence-electron chi connectivity index (χ4n) is 1.84. The SMILES string of the molecule is CC(N)CCCCN(C)Cc1ccccc1Cl. The van der Waals surface area contributed by atoms with Gasteiger partial charge in [-0.1, -0.05) is 36.2 Å². The minimum Gasteiger partial charge on any atom is -0.328 e. The van der Waals surface area contributed by atoms with E-state index in [1.54, 1.807) is 0 Å². The lowest BCUT2D eigenvalue weighted by Gasteiger charge is -2.17. The van der Waals surface area contributed by atoms with E-state index in [0.29, 0.717) is 6.04 Å². The van der Waals surface area contributed by atoms with Crippen molar-refractivity contribution in [3.8, 4) is 0 Å². The van der Waals surface area contributed by atoms with E-state index in [1.807, 2.05) is 18.2 Å². The summed E-state index contributed by atoms with van der Waals surface area (Å²) in [6.07, 6.45) is 3.51. The lowest BCUT2D eigenvalue weighted by Crippen LogP contribution is -2.20. The van der Waals surface area contributed by atoms with Crippen molar-refractivity contribution < 1.29 is 0 Å². The summed E-state index contributed by atoms with van der Waals surface area (Å²) in [5.74, 6) is 0. The van der Waals surface area contributed by atoms with Gasteiger partial charge >= 0.3 is 0 Å². The van der Waals surface area contributed by atoms with E-state index in [2.05, 4.69) is 24.9 Å². The highest BCUT2D eigenvalue weighted by molar-refractivity contribution is 6.31. The van der Waals surface area contributed by atoms with Gasteiger partial charge in [0.1, 0.15) is 0 Å². The van der Waals surface area contributed by atoms with Crippen LogP contribution in [0.15, 0.2) is 24.3 Å². The molecule has 2 N–H and O–H groups in total. The van der Waals surface area contributed by atoms with Crippen molar-refractivity contribution in [3.05, 3.63) is 34.9 Å². The van der Waals surface area contributed by atoms with Crippen molar-refractivity contribution in [3.63, 3.8) is 0 Å². The second-order valence-corrected chi connectivity index (χ2v) is 5.21. The molecule has 0 aliphatic carbocycles. The lowest BCUT2D eigenvalue weighted by molar-refractivity contribution is 0.316. The van der Waals surface area contributed by atoms with Gasteiger partial charge < -0.3 is 10.6 Å². The van der Waals surface area contributed by atoms with E-state index in [0.717, 1.165) is 24.5 Å². The van der Waals surface area contributed by atoms with E-state index in [-0.39, 0.29) is 0 Å². The van der Waals surface area contributed by atoms with Gasteiger partial charge in [-0.2, -0.15) is 0 Å². The molecule has 0 amide bonds. The van der Waals surface area contributed by atoms with Crippen LogP contribution >= 0.6 is 11.6 Å². The quantitative estimate of drug-likeness (QED) is 0.757. The van der Waals surface area contributed by atoms with Crippen molar-refractivity contribution in [1.82, 2.24) is 4.90 Å². The van der Waals surface area contributed by atoms with Gasteiger partial charge in [-0.3, -0.25) is 0 Å². The van der Waals surface area contributed by atoms with Crippen molar-refractivity contribution in [2.75, 3.05) is 13.6 Å². The third-order valence-corrected chi connectivity index (χ3v) is 3.22. The molecule has 1 aromatic carbocycles. The summed E-state index contributed by atoms with van der Waals surface area (Å²) < 4.78 is 0. The Bertz CT molecular complexity index is 326. The maximum absolute atomic E-state index is 6.13. The monoisotopic (exact) mass is 254 g/mol. The van der Waals surface area contributed by atoms with E-state index in [1.165, 1.54) is 18.4 Å². The second-order valence-electron chi connectivity index (χ2n) is 4.80. The minimum absolute atomic E-state index is 0.323. The molecule has 96 valence electrons. The molecule has 0 saturated heterocycles. The molecule has 0 fully saturated rings. The zero-order valence-corrected chi connectivity index (χ0v) is 11.6. The highest BCUT2D eigenvalue weighted by Crippen LogP contribution is 2.16. The predicted octanol–water partition coefficient (Wildman–Crippen LogP) is 3.29. The first-order chi connectivity index (χ1) is 8.09. The van der Waals surface area contributed by atoms with Crippen molar-refractivity contribution in [2.24, 2.45) is 5.73 Å². The van der Waals surface area contributed by atoms with Crippen LogP contribution in [0.2, 0.25) is 5.02 Å². The number of halogens is 1. The molecule has 1 rings (SSSR count). The first-order valence-electron chi connectivity index (χ1n) is 6.27. The summed E-state index contributed by atoms with van der Waals surface area (Å²) in [6, 6.07) is 8.35. The van der Waals surface area contributed by atoms with Crippen LogP contribution in [0.5, 0.6) is 0 Å². The highest BCUT2D eigenvalue weighted by atomic mass is 35.5. The fraction of sp³-hybridized carbons (Fsp3) is 0.571. The third kappa shape index (κ3) is 6.06. The predicted molar refractivity (Wildman–Crippen MR) is 75.3 cm³/mol. The second kappa shape index (κ2) is 7.70. The Kier molecular flexibility index (Phi) is 6.56. The lowest BCUT2D eigenvalue weighted by atomic mass is 10.1. The van der Waals surface area contributed by atoms with Gasteiger partial charge in [-0.05, 0) is 45.0 Å². The van der Waals surface area contributed by atoms with Gasteiger partial charge in [-0.15, -0.1) is 0 Å². The molecule has 1 aromatic rings. The van der Waals surface area contributed by atoms with E-state index in [4.69, 9.17) is 17.3 Å². The van der Waals surface area contributed by atoms with Crippen LogP contribution in [0, 0.1) is 0 Å². The molecule has 0 saturated carbocycles. The number of benzene rings is 1. The van der Waals surface area contributed by atoms with Crippen LogP contribution in [0.4, 0.5) is 0 Å². The zero-order valence-electron chi connectivity index (χ0n) is 10.8. The molecule has 0 aromatic heterocycles. The van der Waals surface area contributed by atoms with Crippen molar-refractivity contribution in [2.45, 2.75) is 38.8 Å². The van der Waals surface area contributed by atoms with Gasteiger partial charge in [0.15, 0.2) is 0 Å². The van der Waals surface area contributed by atoms with E-state index < -0.39 is 0 Å². The Labute approximate surface area is 110 Å². The largest absolute Gasteiger partial charge is 0.328 e. The molecule has 0 radical (unpaired) electrons. The van der Waals surface area contributed by atoms with Gasteiger partial charge in [0.25, 0.3) is 0 Å². The smallest absolute Gasteiger partial charge is 0.0451 e. The molecule has 0 heterocycles. The summed E-state index contributed by atoms with van der Waals surface area (Å²) >= 11 is 6.13. The van der Waals surface area contributed by atoms with Crippen LogP contribution < -0.4 is 5.73 Å². The molecule has 0 spiro atoms. The number of nitrogens with zero attached hydrogens (tertiary/aromatic N) is 1. The van der Waals surface area contributed by atoms with Gasteiger partial charge in [0.2, 0.25) is 0 Å². The summed E-state index contributed by atoms with van der Waals surface area (Å²) in [5.41, 5.74) is 6.92. The average Bonchev–Trinajstić information content (AvgIpc) is 2.27. The first kappa shape index (κ1) is 14.5. The molecule has 3 heteroatoms. The summed E-state index contributed by atoms with van der Waals surface area (Å²) in [6.45, 7) is 4.07. The van der Waals surface area contributed by atoms with Crippen LogP contribution in [-0.2, 0) is 6.54 Å². The Hall–Kier alpha value is -0.570. The molecule has 1 atom stereocenters. The summed E-state index contributed by atoms with van der Waals surface area (Å²) in [7, 11) is 2.13. The topological polar surface area (TPSA) is 29.3 Å². The molecule has 2 nitrogen and oxygen atoms in total. The van der Waals surface area contributed by atoms with Crippen LogP contribution in [0.25, 0.3) is 0 Å². The molecular formula is C14H23ClN2. The van der Waals surface area contributed by atoms with Crippen molar-refractivity contribution >= 4 is 11.6 Å². The molecule has 0 bridgehead atoms. The maximum atomic E-state index is 6.13. The van der Waals surface area contributed by atoms with Gasteiger partial charge in [-0.25, -0.2) is 0 Å². The number of hydrogen-bond donors (Lipinski definition) is 1. The molecular weight excluding hydrogens is 232 g/mol. The number of hydrogen-bond acceptors (Lipinski definition) is 2. The maximum Gasteiger partial charge on any atom is 0.0451 e. The minimum atomic E-state index is 0.323. The highest BCUT2D eigenvalue weighted by Gasteiger charge is 2.03. The molecule has 1 unspecified atom stereocenters. The summed E-state index contributed by atoms with van der Waals surface area (Å²) in [4.78, 5) is 2.31. The normalized spacial score (nSPS) is 13.0. The van der Waals surface area contributed by atoms with Gasteiger partial charge in [0.05, 0.1) is 0 Å². The van der Waals surface area contributed by atoms with E-state index >= 15 is 0 Å². The number of unbranched alkanes of at least 4 members (excludes halogenated alkanes) is 1. The fourth-order valence-corrected chi connectivity index (χ4v) is 2.04. The molecule has 0 aliphatic rings. The standard InChI is InChI=1S/C14H23ClN2/c1-12(16)7-5-6-10-17(2)11-13-8-3-4-9-14(13)15/h3-4,8-9,12H,5-7,10-11,16H2,1-2H3. The van der Waals surface area contributed by atoms with Crippen LogP contribution in [-0.4, -0.2) is 24.5 Å². The Morgan fingerprint density at radius 3 is 2.65 bits per heavy atom.